The van der Waals surface area contributed by atoms with Gasteiger partial charge in [0.2, 0.25) is 6.20 Å². The molecule has 86 valence electrons. The van der Waals surface area contributed by atoms with Gasteiger partial charge in [-0.05, 0) is 36.4 Å². The second-order valence-corrected chi connectivity index (χ2v) is 3.82. The zero-order valence-corrected chi connectivity index (χ0v) is 9.54. The first-order valence-corrected chi connectivity index (χ1v) is 5.29. The van der Waals surface area contributed by atoms with Crippen molar-refractivity contribution in [2.24, 2.45) is 0 Å². The number of hydrogen-bond donors (Lipinski definition) is 0. The minimum Gasteiger partial charge on any atom is -0.317 e. The fourth-order valence-corrected chi connectivity index (χ4v) is 1.63. The number of rotatable bonds is 3. The molecule has 4 nitrogen and oxygen atoms in total. The quantitative estimate of drug-likeness (QED) is 0.618. The molecule has 0 fully saturated rings. The van der Waals surface area contributed by atoms with Gasteiger partial charge in [-0.1, -0.05) is 11.6 Å². The normalized spacial score (nSPS) is 10.9. The van der Waals surface area contributed by atoms with E-state index in [0.717, 1.165) is 17.6 Å². The number of hydrogen-bond acceptors (Lipinski definition) is 2. The van der Waals surface area contributed by atoms with E-state index in [4.69, 9.17) is 11.6 Å². The molecular weight excluding hydrogens is 240 g/mol. The molecule has 2 aromatic rings. The van der Waals surface area contributed by atoms with Crippen molar-refractivity contribution in [3.8, 4) is 5.69 Å². The van der Waals surface area contributed by atoms with Gasteiger partial charge in [-0.15, -0.1) is 0 Å². The zero-order chi connectivity index (χ0) is 12.3. The Morgan fingerprint density at radius 1 is 1.24 bits per heavy atom. The lowest BCUT2D eigenvalue weighted by molar-refractivity contribution is -0.401. The molecule has 0 aliphatic heterocycles. The van der Waals surface area contributed by atoms with Gasteiger partial charge in [0.05, 0.1) is 10.6 Å². The van der Waals surface area contributed by atoms with Crippen LogP contribution in [0.3, 0.4) is 0 Å². The van der Waals surface area contributed by atoms with Gasteiger partial charge in [0.25, 0.3) is 0 Å². The standard InChI is InChI=1S/C12H9ClN2O2/c13-10-3-5-12(6-4-10)14-8-1-2-11(14)7-9-15(16)17/h1-9H/b9-7+. The fourth-order valence-electron chi connectivity index (χ4n) is 1.50. The Balaban J connectivity index is 2.36. The smallest absolute Gasteiger partial charge is 0.236 e. The molecule has 5 heteroatoms. The predicted molar refractivity (Wildman–Crippen MR) is 66.8 cm³/mol. The van der Waals surface area contributed by atoms with E-state index in [-0.39, 0.29) is 0 Å². The van der Waals surface area contributed by atoms with Crippen LogP contribution in [0.5, 0.6) is 0 Å². The molecule has 0 saturated carbocycles. The van der Waals surface area contributed by atoms with Gasteiger partial charge in [0.1, 0.15) is 0 Å². The van der Waals surface area contributed by atoms with Crippen molar-refractivity contribution in [2.75, 3.05) is 0 Å². The van der Waals surface area contributed by atoms with E-state index >= 15 is 0 Å². The maximum atomic E-state index is 10.3. The third-order valence-electron chi connectivity index (χ3n) is 2.25. The van der Waals surface area contributed by atoms with Gasteiger partial charge >= 0.3 is 0 Å². The third-order valence-corrected chi connectivity index (χ3v) is 2.50. The number of aromatic nitrogens is 1. The van der Waals surface area contributed by atoms with Crippen molar-refractivity contribution in [2.45, 2.75) is 0 Å². The third kappa shape index (κ3) is 2.73. The summed E-state index contributed by atoms with van der Waals surface area (Å²) in [5.41, 5.74) is 1.64. The van der Waals surface area contributed by atoms with Crippen LogP contribution in [0.2, 0.25) is 5.02 Å². The van der Waals surface area contributed by atoms with E-state index in [9.17, 15) is 10.1 Å². The summed E-state index contributed by atoms with van der Waals surface area (Å²) in [6, 6.07) is 10.9. The summed E-state index contributed by atoms with van der Waals surface area (Å²) in [7, 11) is 0. The molecule has 1 aromatic heterocycles. The van der Waals surface area contributed by atoms with Gasteiger partial charge in [-0.25, -0.2) is 0 Å². The summed E-state index contributed by atoms with van der Waals surface area (Å²) in [5.74, 6) is 0. The van der Waals surface area contributed by atoms with Crippen LogP contribution < -0.4 is 0 Å². The highest BCUT2D eigenvalue weighted by atomic mass is 35.5. The van der Waals surface area contributed by atoms with Crippen LogP contribution in [-0.2, 0) is 0 Å². The average Bonchev–Trinajstić information content (AvgIpc) is 2.75. The Bertz CT molecular complexity index is 558. The summed E-state index contributed by atoms with van der Waals surface area (Å²) >= 11 is 5.80. The number of benzene rings is 1. The van der Waals surface area contributed by atoms with Gasteiger partial charge in [0, 0.05) is 23.0 Å². The molecule has 0 atom stereocenters. The first kappa shape index (κ1) is 11.4. The van der Waals surface area contributed by atoms with Crippen LogP contribution in [0.15, 0.2) is 48.8 Å². The van der Waals surface area contributed by atoms with Crippen molar-refractivity contribution in [1.29, 1.82) is 0 Å². The minimum atomic E-state index is -0.487. The molecule has 0 aliphatic rings. The number of nitro groups is 1. The van der Waals surface area contributed by atoms with Crippen LogP contribution in [0.4, 0.5) is 0 Å². The summed E-state index contributed by atoms with van der Waals surface area (Å²) in [6.07, 6.45) is 4.21. The number of halogens is 1. The SMILES string of the molecule is O=[N+]([O-])/C=C/c1cccn1-c1ccc(Cl)cc1. The maximum absolute atomic E-state index is 10.3. The maximum Gasteiger partial charge on any atom is 0.236 e. The highest BCUT2D eigenvalue weighted by Crippen LogP contribution is 2.16. The lowest BCUT2D eigenvalue weighted by Gasteiger charge is -2.05. The van der Waals surface area contributed by atoms with E-state index < -0.39 is 4.92 Å². The van der Waals surface area contributed by atoms with Crippen molar-refractivity contribution >= 4 is 17.7 Å². The Labute approximate surface area is 103 Å². The van der Waals surface area contributed by atoms with Gasteiger partial charge in [0.15, 0.2) is 0 Å². The lowest BCUT2D eigenvalue weighted by atomic mass is 10.3. The second kappa shape index (κ2) is 4.84. The lowest BCUT2D eigenvalue weighted by Crippen LogP contribution is -1.94. The molecule has 1 heterocycles. The predicted octanol–water partition coefficient (Wildman–Crippen LogP) is 3.38. The van der Waals surface area contributed by atoms with Gasteiger partial charge in [-0.3, -0.25) is 10.1 Å². The Morgan fingerprint density at radius 3 is 2.59 bits per heavy atom. The van der Waals surface area contributed by atoms with E-state index in [1.54, 1.807) is 18.2 Å². The molecule has 0 amide bonds. The summed E-state index contributed by atoms with van der Waals surface area (Å²) in [6.45, 7) is 0. The highest BCUT2D eigenvalue weighted by Gasteiger charge is 2.01. The number of nitrogens with zero attached hydrogens (tertiary/aromatic N) is 2. The van der Waals surface area contributed by atoms with Crippen molar-refractivity contribution in [3.05, 3.63) is 69.6 Å². The molecule has 2 rings (SSSR count). The molecule has 0 aliphatic carbocycles. The average molecular weight is 249 g/mol. The van der Waals surface area contributed by atoms with Crippen molar-refractivity contribution < 1.29 is 4.92 Å². The van der Waals surface area contributed by atoms with E-state index in [2.05, 4.69) is 0 Å². The summed E-state index contributed by atoms with van der Waals surface area (Å²) in [5, 5.41) is 10.9. The zero-order valence-electron chi connectivity index (χ0n) is 8.79. The van der Waals surface area contributed by atoms with Crippen molar-refractivity contribution in [3.63, 3.8) is 0 Å². The topological polar surface area (TPSA) is 48.1 Å². The Morgan fingerprint density at radius 2 is 1.94 bits per heavy atom. The molecule has 0 bridgehead atoms. The first-order valence-electron chi connectivity index (χ1n) is 4.92. The van der Waals surface area contributed by atoms with Crippen LogP contribution >= 0.6 is 11.6 Å². The molecule has 0 spiro atoms. The molecule has 0 radical (unpaired) electrons. The molecular formula is C12H9ClN2O2. The van der Waals surface area contributed by atoms with Crippen LogP contribution in [0, 0.1) is 10.1 Å². The Kier molecular flexibility index (Phi) is 3.25. The van der Waals surface area contributed by atoms with E-state index in [0.29, 0.717) is 5.02 Å². The monoisotopic (exact) mass is 248 g/mol. The van der Waals surface area contributed by atoms with Crippen LogP contribution in [-0.4, -0.2) is 9.49 Å². The fraction of sp³-hybridized carbons (Fsp3) is 0. The second-order valence-electron chi connectivity index (χ2n) is 3.38. The molecule has 0 unspecified atom stereocenters. The highest BCUT2D eigenvalue weighted by molar-refractivity contribution is 6.30. The van der Waals surface area contributed by atoms with Crippen LogP contribution in [0.25, 0.3) is 11.8 Å². The van der Waals surface area contributed by atoms with Crippen molar-refractivity contribution in [1.82, 2.24) is 4.57 Å². The minimum absolute atomic E-state index is 0.487. The largest absolute Gasteiger partial charge is 0.317 e. The van der Waals surface area contributed by atoms with Gasteiger partial charge < -0.3 is 4.57 Å². The molecule has 0 N–H and O–H groups in total. The van der Waals surface area contributed by atoms with E-state index in [1.807, 2.05) is 29.0 Å². The van der Waals surface area contributed by atoms with E-state index in [1.165, 1.54) is 6.08 Å². The Hall–Kier alpha value is -2.07. The molecule has 17 heavy (non-hydrogen) atoms. The first-order chi connectivity index (χ1) is 8.16. The van der Waals surface area contributed by atoms with Gasteiger partial charge in [-0.2, -0.15) is 0 Å². The molecule has 1 aromatic carbocycles. The van der Waals surface area contributed by atoms with Crippen LogP contribution in [0.1, 0.15) is 5.69 Å². The summed E-state index contributed by atoms with van der Waals surface area (Å²) < 4.78 is 1.84. The molecule has 0 saturated heterocycles. The summed E-state index contributed by atoms with van der Waals surface area (Å²) in [4.78, 5) is 9.79.